The summed E-state index contributed by atoms with van der Waals surface area (Å²) in [5, 5.41) is 15.6. The van der Waals surface area contributed by atoms with Crippen LogP contribution in [0.25, 0.3) is 0 Å². The monoisotopic (exact) mass is 242 g/mol. The van der Waals surface area contributed by atoms with E-state index in [0.29, 0.717) is 11.3 Å². The fourth-order valence-electron chi connectivity index (χ4n) is 1.58. The number of para-hydroxylation sites is 1. The number of nitrogens with zero attached hydrogens (tertiary/aromatic N) is 2. The minimum absolute atomic E-state index is 0.0727. The van der Waals surface area contributed by atoms with Crippen LogP contribution in [-0.4, -0.2) is 16.0 Å². The Balaban J connectivity index is 2.45. The number of amidine groups is 1. The summed E-state index contributed by atoms with van der Waals surface area (Å²) in [6.07, 6.45) is 0. The van der Waals surface area contributed by atoms with Gasteiger partial charge in [0, 0.05) is 0 Å². The van der Waals surface area contributed by atoms with E-state index < -0.39 is 0 Å². The fourth-order valence-corrected chi connectivity index (χ4v) is 1.58. The van der Waals surface area contributed by atoms with Crippen molar-refractivity contribution in [1.29, 1.82) is 5.41 Å². The van der Waals surface area contributed by atoms with E-state index >= 15 is 0 Å². The van der Waals surface area contributed by atoms with Gasteiger partial charge in [-0.3, -0.25) is 5.41 Å². The van der Waals surface area contributed by atoms with E-state index in [4.69, 9.17) is 15.9 Å². The number of nitrogens with two attached hydrogens (primary N) is 1. The second kappa shape index (κ2) is 4.83. The summed E-state index contributed by atoms with van der Waals surface area (Å²) in [7, 11) is 0. The second-order valence-corrected chi connectivity index (χ2v) is 3.92. The molecule has 92 valence electrons. The van der Waals surface area contributed by atoms with E-state index in [2.05, 4.69) is 10.2 Å². The van der Waals surface area contributed by atoms with Gasteiger partial charge in [0.1, 0.15) is 11.6 Å². The number of ether oxygens (including phenoxy) is 1. The van der Waals surface area contributed by atoms with Crippen molar-refractivity contribution in [1.82, 2.24) is 10.2 Å². The summed E-state index contributed by atoms with van der Waals surface area (Å²) in [6.45, 7) is 3.67. The lowest BCUT2D eigenvalue weighted by Crippen LogP contribution is -2.16. The van der Waals surface area contributed by atoms with Crippen molar-refractivity contribution in [2.45, 2.75) is 13.8 Å². The Morgan fingerprint density at radius 2 is 1.83 bits per heavy atom. The Hall–Kier alpha value is -2.43. The molecule has 0 aliphatic heterocycles. The number of hydrogen-bond acceptors (Lipinski definition) is 4. The third kappa shape index (κ3) is 2.29. The van der Waals surface area contributed by atoms with Gasteiger partial charge < -0.3 is 10.5 Å². The Labute approximate surface area is 105 Å². The zero-order chi connectivity index (χ0) is 13.1. The molecule has 1 heterocycles. The van der Waals surface area contributed by atoms with Crippen LogP contribution in [0.2, 0.25) is 0 Å². The lowest BCUT2D eigenvalue weighted by molar-refractivity contribution is 0.452. The highest BCUT2D eigenvalue weighted by molar-refractivity contribution is 5.98. The first-order valence-electron chi connectivity index (χ1n) is 5.50. The smallest absolute Gasteiger partial charge is 0.250 e. The molecule has 5 nitrogen and oxygen atoms in total. The molecule has 0 fully saturated rings. The minimum atomic E-state index is -0.0727. The van der Waals surface area contributed by atoms with Crippen molar-refractivity contribution in [2.75, 3.05) is 0 Å². The zero-order valence-electron chi connectivity index (χ0n) is 10.3. The van der Waals surface area contributed by atoms with Crippen LogP contribution in [0, 0.1) is 19.3 Å². The van der Waals surface area contributed by atoms with Gasteiger partial charge in [0.05, 0.1) is 11.3 Å². The highest BCUT2D eigenvalue weighted by atomic mass is 16.5. The van der Waals surface area contributed by atoms with E-state index in [-0.39, 0.29) is 11.7 Å². The average Bonchev–Trinajstić information content (AvgIpc) is 2.35. The van der Waals surface area contributed by atoms with Crippen molar-refractivity contribution in [2.24, 2.45) is 5.73 Å². The van der Waals surface area contributed by atoms with Gasteiger partial charge in [0.2, 0.25) is 5.88 Å². The molecule has 0 bridgehead atoms. The molecule has 0 saturated carbocycles. The first-order chi connectivity index (χ1) is 8.59. The number of rotatable bonds is 3. The molecule has 0 radical (unpaired) electrons. The number of hydrogen-bond donors (Lipinski definition) is 2. The first kappa shape index (κ1) is 12.0. The molecular weight excluding hydrogens is 228 g/mol. The fraction of sp³-hybridized carbons (Fsp3) is 0.154. The van der Waals surface area contributed by atoms with Gasteiger partial charge in [-0.25, -0.2) is 0 Å². The molecule has 0 unspecified atom stereocenters. The van der Waals surface area contributed by atoms with Crippen LogP contribution >= 0.6 is 0 Å². The van der Waals surface area contributed by atoms with Crippen LogP contribution in [0.4, 0.5) is 0 Å². The normalized spacial score (nSPS) is 10.1. The van der Waals surface area contributed by atoms with Gasteiger partial charge in [0.15, 0.2) is 0 Å². The summed E-state index contributed by atoms with van der Waals surface area (Å²) in [5.41, 5.74) is 7.61. The van der Waals surface area contributed by atoms with Gasteiger partial charge in [-0.2, -0.15) is 5.10 Å². The van der Waals surface area contributed by atoms with E-state index in [1.807, 2.05) is 32.0 Å². The van der Waals surface area contributed by atoms with Crippen LogP contribution in [-0.2, 0) is 0 Å². The molecule has 2 aromatic rings. The average molecular weight is 242 g/mol. The van der Waals surface area contributed by atoms with E-state index in [0.717, 1.165) is 11.3 Å². The van der Waals surface area contributed by atoms with Gasteiger partial charge in [-0.1, -0.05) is 18.2 Å². The van der Waals surface area contributed by atoms with Crippen molar-refractivity contribution in [3.8, 4) is 11.6 Å². The molecule has 0 aliphatic carbocycles. The molecule has 0 amide bonds. The predicted molar refractivity (Wildman–Crippen MR) is 69.0 cm³/mol. The van der Waals surface area contributed by atoms with Crippen molar-refractivity contribution < 1.29 is 4.74 Å². The molecule has 0 saturated heterocycles. The summed E-state index contributed by atoms with van der Waals surface area (Å²) in [6, 6.07) is 9.22. The SMILES string of the molecule is Cc1nnc(Oc2ccccc2)c(C(=N)N)c1C. The molecule has 0 spiro atoms. The number of nitrogen functional groups attached to an aromatic ring is 1. The van der Waals surface area contributed by atoms with Crippen LogP contribution in [0.15, 0.2) is 30.3 Å². The van der Waals surface area contributed by atoms with E-state index in [1.54, 1.807) is 12.1 Å². The quantitative estimate of drug-likeness (QED) is 0.638. The molecule has 18 heavy (non-hydrogen) atoms. The van der Waals surface area contributed by atoms with Crippen LogP contribution in [0.3, 0.4) is 0 Å². The maximum absolute atomic E-state index is 7.61. The molecule has 3 N–H and O–H groups in total. The van der Waals surface area contributed by atoms with Gasteiger partial charge >= 0.3 is 0 Å². The molecule has 2 rings (SSSR count). The van der Waals surface area contributed by atoms with Crippen molar-refractivity contribution >= 4 is 5.84 Å². The topological polar surface area (TPSA) is 84.9 Å². The Morgan fingerprint density at radius 1 is 1.17 bits per heavy atom. The number of aryl methyl sites for hydroxylation is 1. The standard InChI is InChI=1S/C13H14N4O/c1-8-9(2)16-17-13(11(8)12(14)15)18-10-6-4-3-5-7-10/h3-7H,1-2H3,(H3,14,15). The minimum Gasteiger partial charge on any atom is -0.437 e. The lowest BCUT2D eigenvalue weighted by Gasteiger charge is -2.11. The maximum Gasteiger partial charge on any atom is 0.250 e. The zero-order valence-corrected chi connectivity index (χ0v) is 10.3. The summed E-state index contributed by atoms with van der Waals surface area (Å²) in [5.74, 6) is 0.825. The second-order valence-electron chi connectivity index (χ2n) is 3.92. The third-order valence-corrected chi connectivity index (χ3v) is 2.65. The summed E-state index contributed by atoms with van der Waals surface area (Å²) in [4.78, 5) is 0. The molecule has 1 aromatic heterocycles. The lowest BCUT2D eigenvalue weighted by atomic mass is 10.1. The van der Waals surface area contributed by atoms with E-state index in [9.17, 15) is 0 Å². The molecular formula is C13H14N4O. The summed E-state index contributed by atoms with van der Waals surface area (Å²) < 4.78 is 5.61. The highest BCUT2D eigenvalue weighted by Gasteiger charge is 2.15. The molecule has 5 heteroatoms. The number of aromatic nitrogens is 2. The Morgan fingerprint density at radius 3 is 2.44 bits per heavy atom. The Kier molecular flexibility index (Phi) is 3.23. The maximum atomic E-state index is 7.61. The van der Waals surface area contributed by atoms with E-state index in [1.165, 1.54) is 0 Å². The summed E-state index contributed by atoms with van der Waals surface area (Å²) >= 11 is 0. The largest absolute Gasteiger partial charge is 0.437 e. The number of nitrogens with one attached hydrogen (secondary N) is 1. The first-order valence-corrected chi connectivity index (χ1v) is 5.50. The van der Waals surface area contributed by atoms with Crippen LogP contribution in [0.1, 0.15) is 16.8 Å². The number of benzene rings is 1. The molecule has 1 aromatic carbocycles. The Bertz CT molecular complexity index is 581. The van der Waals surface area contributed by atoms with Crippen LogP contribution < -0.4 is 10.5 Å². The molecule has 0 atom stereocenters. The molecule has 0 aliphatic rings. The van der Waals surface area contributed by atoms with Gasteiger partial charge in [0.25, 0.3) is 0 Å². The third-order valence-electron chi connectivity index (χ3n) is 2.65. The van der Waals surface area contributed by atoms with Gasteiger partial charge in [-0.15, -0.1) is 5.10 Å². The highest BCUT2D eigenvalue weighted by Crippen LogP contribution is 2.25. The van der Waals surface area contributed by atoms with Gasteiger partial charge in [-0.05, 0) is 31.5 Å². The van der Waals surface area contributed by atoms with Crippen molar-refractivity contribution in [3.05, 3.63) is 47.2 Å². The van der Waals surface area contributed by atoms with Crippen LogP contribution in [0.5, 0.6) is 11.6 Å². The van der Waals surface area contributed by atoms with Crippen molar-refractivity contribution in [3.63, 3.8) is 0 Å². The predicted octanol–water partition coefficient (Wildman–Crippen LogP) is 2.17.